The number of fused-ring (bicyclic) bond motifs is 4. The molecule has 6 atom stereocenters. The SMILES string of the molecule is COc1ccc(CC[C@H]2OC(=O)[C@@H]3CCCCN3C(=O)C(=O)C(C)(C)COC(=O)/C=C\CCCN(C)C(=O)[C@@H]3CCCN3C(=O)[C@H](COC(C)(C)C)N(C)C(=O)C(Cc3ccccc3)N(C)C(=O)[C@H](C)NC(=O)COc3cccc2c3)cc1OC.[HH]. The summed E-state index contributed by atoms with van der Waals surface area (Å²) in [5.41, 5.74) is -0.132. The van der Waals surface area contributed by atoms with E-state index in [1.54, 1.807) is 43.5 Å². The number of nitrogens with zero attached hydrogens (tertiary/aromatic N) is 5. The number of benzene rings is 3. The molecule has 3 heterocycles. The lowest BCUT2D eigenvalue weighted by Crippen LogP contribution is -2.60. The maximum Gasteiger partial charge on any atom is 0.330 e. The Labute approximate surface area is 501 Å². The summed E-state index contributed by atoms with van der Waals surface area (Å²) < 4.78 is 35.0. The molecule has 2 bridgehead atoms. The number of esters is 2. The van der Waals surface area contributed by atoms with Crippen molar-refractivity contribution in [2.45, 2.75) is 148 Å². The topological polar surface area (TPSA) is 237 Å². The van der Waals surface area contributed by atoms with Crippen LogP contribution in [-0.4, -0.2) is 188 Å². The number of amides is 6. The van der Waals surface area contributed by atoms with Crippen LogP contribution in [0.5, 0.6) is 17.2 Å². The number of carbonyl (C=O) groups is 9. The molecule has 2 fully saturated rings. The van der Waals surface area contributed by atoms with Crippen molar-refractivity contribution < 1.29 is 73.0 Å². The van der Waals surface area contributed by atoms with Crippen molar-refractivity contribution in [2.24, 2.45) is 5.41 Å². The molecule has 85 heavy (non-hydrogen) atoms. The molecular weight excluding hydrogens is 1090 g/mol. The van der Waals surface area contributed by atoms with Crippen LogP contribution in [0, 0.1) is 5.41 Å². The number of aryl methyl sites for hydroxylation is 1. The van der Waals surface area contributed by atoms with Crippen molar-refractivity contribution in [3.8, 4) is 17.2 Å². The van der Waals surface area contributed by atoms with E-state index >= 15 is 4.79 Å². The Hall–Kier alpha value is -7.81. The van der Waals surface area contributed by atoms with Gasteiger partial charge in [0.15, 0.2) is 18.1 Å². The summed E-state index contributed by atoms with van der Waals surface area (Å²) in [7, 11) is 7.65. The number of allylic oxidation sites excluding steroid dienone is 1. The molecule has 0 radical (unpaired) electrons. The predicted molar refractivity (Wildman–Crippen MR) is 317 cm³/mol. The van der Waals surface area contributed by atoms with Gasteiger partial charge in [-0.15, -0.1) is 0 Å². The predicted octanol–water partition coefficient (Wildman–Crippen LogP) is 6.08. The summed E-state index contributed by atoms with van der Waals surface area (Å²) >= 11 is 0. The molecule has 1 N–H and O–H groups in total. The first-order chi connectivity index (χ1) is 40.3. The molecule has 3 aromatic carbocycles. The lowest BCUT2D eigenvalue weighted by Gasteiger charge is -2.38. The van der Waals surface area contributed by atoms with Crippen LogP contribution in [0.25, 0.3) is 0 Å². The second-order valence-corrected chi connectivity index (χ2v) is 23.7. The van der Waals surface area contributed by atoms with E-state index in [4.69, 9.17) is 28.4 Å². The fourth-order valence-electron chi connectivity index (χ4n) is 10.6. The van der Waals surface area contributed by atoms with Crippen LogP contribution in [0.4, 0.5) is 0 Å². The molecule has 0 spiro atoms. The Bertz CT molecular complexity index is 2900. The van der Waals surface area contributed by atoms with Crippen LogP contribution in [0.1, 0.15) is 117 Å². The van der Waals surface area contributed by atoms with E-state index in [-0.39, 0.29) is 58.6 Å². The van der Waals surface area contributed by atoms with E-state index in [1.807, 2.05) is 63.2 Å². The van der Waals surface area contributed by atoms with Gasteiger partial charge in [-0.2, -0.15) is 0 Å². The highest BCUT2D eigenvalue weighted by atomic mass is 16.5. The molecule has 6 rings (SSSR count). The number of hydrogen-bond acceptors (Lipinski definition) is 15. The summed E-state index contributed by atoms with van der Waals surface area (Å²) in [6.45, 7) is 9.42. The molecular formula is C64H88N6O15. The van der Waals surface area contributed by atoms with Gasteiger partial charge in [0, 0.05) is 54.7 Å². The Balaban J connectivity index is 0.0000135. The van der Waals surface area contributed by atoms with Gasteiger partial charge in [0.2, 0.25) is 29.4 Å². The van der Waals surface area contributed by atoms with Gasteiger partial charge < -0.3 is 58.2 Å². The summed E-state index contributed by atoms with van der Waals surface area (Å²) in [6, 6.07) is 15.7. The minimum atomic E-state index is -1.47. The zero-order valence-electron chi connectivity index (χ0n) is 51.2. The van der Waals surface area contributed by atoms with Crippen molar-refractivity contribution in [3.63, 3.8) is 0 Å². The first-order valence-electron chi connectivity index (χ1n) is 29.2. The van der Waals surface area contributed by atoms with Crippen LogP contribution in [-0.2, 0) is 70.2 Å². The van der Waals surface area contributed by atoms with E-state index in [2.05, 4.69) is 5.32 Å². The molecule has 0 aliphatic carbocycles. The van der Waals surface area contributed by atoms with Gasteiger partial charge in [-0.05, 0) is 140 Å². The average Bonchev–Trinajstić information content (AvgIpc) is 2.09. The van der Waals surface area contributed by atoms with Crippen molar-refractivity contribution >= 4 is 53.2 Å². The minimum absolute atomic E-state index is 0. The first kappa shape index (κ1) is 66.3. The van der Waals surface area contributed by atoms with Crippen LogP contribution >= 0.6 is 0 Å². The largest absolute Gasteiger partial charge is 0.493 e. The van der Waals surface area contributed by atoms with Crippen molar-refractivity contribution in [2.75, 3.05) is 74.8 Å². The number of piperidine rings is 1. The quantitative estimate of drug-likeness (QED) is 0.189. The Morgan fingerprint density at radius 1 is 0.694 bits per heavy atom. The molecule has 21 heteroatoms. The second kappa shape index (κ2) is 30.3. The van der Waals surface area contributed by atoms with Crippen LogP contribution < -0.4 is 19.5 Å². The van der Waals surface area contributed by atoms with Crippen LogP contribution in [0.2, 0.25) is 0 Å². The molecule has 1 unspecified atom stereocenters. The minimum Gasteiger partial charge on any atom is -0.493 e. The highest BCUT2D eigenvalue weighted by molar-refractivity contribution is 6.38. The summed E-state index contributed by atoms with van der Waals surface area (Å²) in [5.74, 6) is -4.59. The Kier molecular flexibility index (Phi) is 23.7. The number of nitrogens with one attached hydrogen (secondary N) is 1. The molecule has 464 valence electrons. The molecule has 21 nitrogen and oxygen atoms in total. The van der Waals surface area contributed by atoms with Gasteiger partial charge >= 0.3 is 11.9 Å². The maximum absolute atomic E-state index is 15.0. The van der Waals surface area contributed by atoms with Crippen molar-refractivity contribution in [3.05, 3.63) is 102 Å². The number of ketones is 1. The molecule has 3 aliphatic rings. The normalized spacial score (nSPS) is 24.0. The number of Topliss-reactive ketones (excluding diaryl/α,β-unsaturated/α-hetero) is 1. The van der Waals surface area contributed by atoms with Crippen molar-refractivity contribution in [1.29, 1.82) is 0 Å². The second-order valence-electron chi connectivity index (χ2n) is 23.7. The van der Waals surface area contributed by atoms with E-state index in [9.17, 15) is 38.4 Å². The number of likely N-dealkylation sites (N-methyl/N-ethyl adjacent to an activating group) is 3. The molecule has 3 aromatic rings. The summed E-state index contributed by atoms with van der Waals surface area (Å²) in [5, 5.41) is 2.70. The number of cyclic esters (lactones) is 2. The van der Waals surface area contributed by atoms with E-state index in [1.165, 1.54) is 79.7 Å². The zero-order chi connectivity index (χ0) is 62.2. The molecule has 2 saturated heterocycles. The summed E-state index contributed by atoms with van der Waals surface area (Å²) in [6.07, 6.45) is 5.65. The van der Waals surface area contributed by atoms with Gasteiger partial charge in [0.25, 0.3) is 11.8 Å². The number of ether oxygens (including phenoxy) is 6. The van der Waals surface area contributed by atoms with E-state index < -0.39 is 108 Å². The Morgan fingerprint density at radius 3 is 2.09 bits per heavy atom. The van der Waals surface area contributed by atoms with E-state index in [0.29, 0.717) is 62.0 Å². The first-order valence-corrected chi connectivity index (χ1v) is 29.2. The fraction of sp³-hybridized carbons (Fsp3) is 0.547. The standard InChI is InChI=1S/C64H86N6O15.H2/c1-42-57(74)67(8)49(36-43-22-14-12-15-23-43)59(76)68(9)50(39-84-63(2,3)4)60(77)69-35-21-27-47(69)58(75)66(7)33-18-13-16-28-55(72)83-41-64(5,6)56(73)61(78)70-34-19-17-26-48(70)62(79)85-51(31-29-44-30-32-52(80-10)53(37-44)81-11)45-24-20-25-46(38-45)82-40-54(71)65-42;/h12,14-16,20,22-25,28,30,32,37-38,42,47-51H,13,17-19,21,26-27,29,31,33-36,39-41H2,1-11H3,(H,65,71);1H/b28-16-;/t42-,47-,48-,49?,50-,51+;/m0./s1. The highest BCUT2D eigenvalue weighted by Gasteiger charge is 2.45. The average molecular weight is 1180 g/mol. The van der Waals surface area contributed by atoms with Gasteiger partial charge in [0.1, 0.15) is 48.7 Å². The number of hydrogen-bond donors (Lipinski definition) is 1. The van der Waals surface area contributed by atoms with Crippen LogP contribution in [0.15, 0.2) is 84.9 Å². The Morgan fingerprint density at radius 2 is 1.39 bits per heavy atom. The maximum atomic E-state index is 15.0. The number of rotatable bonds is 9. The van der Waals surface area contributed by atoms with Gasteiger partial charge in [0.05, 0.1) is 31.8 Å². The third kappa shape index (κ3) is 18.1. The van der Waals surface area contributed by atoms with E-state index in [0.717, 1.165) is 11.1 Å². The molecule has 6 amide bonds. The molecule has 3 aliphatic heterocycles. The third-order valence-corrected chi connectivity index (χ3v) is 15.6. The monoisotopic (exact) mass is 1180 g/mol. The molecule has 0 aromatic heterocycles. The third-order valence-electron chi connectivity index (χ3n) is 15.6. The van der Waals surface area contributed by atoms with Gasteiger partial charge in [-0.1, -0.05) is 54.6 Å². The van der Waals surface area contributed by atoms with Gasteiger partial charge in [-0.3, -0.25) is 33.6 Å². The number of methoxy groups -OCH3 is 2. The zero-order valence-corrected chi connectivity index (χ0v) is 51.2. The van der Waals surface area contributed by atoms with Crippen LogP contribution in [0.3, 0.4) is 0 Å². The fourth-order valence-corrected chi connectivity index (χ4v) is 10.6. The lowest BCUT2D eigenvalue weighted by molar-refractivity contribution is -0.165. The highest BCUT2D eigenvalue weighted by Crippen LogP contribution is 2.33. The molecule has 0 saturated carbocycles. The summed E-state index contributed by atoms with van der Waals surface area (Å²) in [4.78, 5) is 135. The van der Waals surface area contributed by atoms with Gasteiger partial charge in [-0.25, -0.2) is 9.59 Å². The van der Waals surface area contributed by atoms with Crippen molar-refractivity contribution in [1.82, 2.24) is 29.8 Å². The number of carbonyl (C=O) groups excluding carboxylic acids is 9. The lowest BCUT2D eigenvalue weighted by atomic mass is 9.87. The smallest absolute Gasteiger partial charge is 0.330 e.